The van der Waals surface area contributed by atoms with Gasteiger partial charge >= 0.3 is 0 Å². The van der Waals surface area contributed by atoms with Crippen LogP contribution in [0.1, 0.15) is 28.8 Å². The van der Waals surface area contributed by atoms with Crippen molar-refractivity contribution in [1.82, 2.24) is 9.88 Å². The SMILES string of the molecule is COc1cc(C(=O)N(C)C)ccc1-c1cc2nccc(-c3ccc(OC4CCCOC4)c(C#N)c3)c2o1. The lowest BCUT2D eigenvalue weighted by Gasteiger charge is -2.23. The number of amides is 1. The Labute approximate surface area is 215 Å². The summed E-state index contributed by atoms with van der Waals surface area (Å²) in [6.45, 7) is 1.28. The molecule has 2 aromatic heterocycles. The number of benzene rings is 2. The van der Waals surface area contributed by atoms with Gasteiger partial charge in [-0.1, -0.05) is 6.07 Å². The summed E-state index contributed by atoms with van der Waals surface area (Å²) < 4.78 is 23.4. The van der Waals surface area contributed by atoms with Crippen LogP contribution >= 0.6 is 0 Å². The third kappa shape index (κ3) is 4.86. The second kappa shape index (κ2) is 10.3. The molecular weight excluding hydrogens is 470 g/mol. The summed E-state index contributed by atoms with van der Waals surface area (Å²) in [6.07, 6.45) is 3.50. The number of hydrogen-bond donors (Lipinski definition) is 0. The van der Waals surface area contributed by atoms with Crippen LogP contribution < -0.4 is 9.47 Å². The zero-order valence-electron chi connectivity index (χ0n) is 21.0. The Bertz CT molecular complexity index is 1500. The molecule has 1 saturated heterocycles. The van der Waals surface area contributed by atoms with Crippen LogP contribution in [0.15, 0.2) is 59.1 Å². The van der Waals surface area contributed by atoms with Gasteiger partial charge in [0.05, 0.1) is 24.8 Å². The summed E-state index contributed by atoms with van der Waals surface area (Å²) in [5.41, 5.74) is 4.55. The van der Waals surface area contributed by atoms with Gasteiger partial charge in [-0.25, -0.2) is 0 Å². The van der Waals surface area contributed by atoms with Gasteiger partial charge in [0.15, 0.2) is 5.58 Å². The minimum Gasteiger partial charge on any atom is -0.496 e. The quantitative estimate of drug-likeness (QED) is 0.356. The van der Waals surface area contributed by atoms with Gasteiger partial charge in [0, 0.05) is 44.1 Å². The second-order valence-electron chi connectivity index (χ2n) is 9.08. The Morgan fingerprint density at radius 3 is 2.70 bits per heavy atom. The van der Waals surface area contributed by atoms with Gasteiger partial charge in [-0.2, -0.15) is 5.26 Å². The number of pyridine rings is 1. The molecule has 1 amide bonds. The van der Waals surface area contributed by atoms with Gasteiger partial charge in [0.1, 0.15) is 34.9 Å². The van der Waals surface area contributed by atoms with E-state index in [4.69, 9.17) is 18.6 Å². The Hall–Kier alpha value is -4.35. The van der Waals surface area contributed by atoms with E-state index in [0.29, 0.717) is 51.7 Å². The first-order valence-electron chi connectivity index (χ1n) is 12.1. The molecule has 1 fully saturated rings. The first-order chi connectivity index (χ1) is 18.0. The predicted molar refractivity (Wildman–Crippen MR) is 139 cm³/mol. The highest BCUT2D eigenvalue weighted by molar-refractivity contribution is 5.96. The van der Waals surface area contributed by atoms with Crippen molar-refractivity contribution in [2.24, 2.45) is 0 Å². The highest BCUT2D eigenvalue weighted by atomic mass is 16.5. The van der Waals surface area contributed by atoms with Crippen molar-refractivity contribution in [3.05, 3.63) is 65.9 Å². The zero-order chi connectivity index (χ0) is 25.9. The van der Waals surface area contributed by atoms with Crippen LogP contribution in [-0.4, -0.2) is 56.3 Å². The number of methoxy groups -OCH3 is 1. The third-order valence-electron chi connectivity index (χ3n) is 6.36. The van der Waals surface area contributed by atoms with Crippen molar-refractivity contribution in [2.75, 3.05) is 34.4 Å². The van der Waals surface area contributed by atoms with Crippen molar-refractivity contribution in [1.29, 1.82) is 5.26 Å². The average molecular weight is 498 g/mol. The topological polar surface area (TPSA) is 97.8 Å². The summed E-state index contributed by atoms with van der Waals surface area (Å²) >= 11 is 0. The number of aromatic nitrogens is 1. The molecule has 37 heavy (non-hydrogen) atoms. The van der Waals surface area contributed by atoms with E-state index in [-0.39, 0.29) is 12.0 Å². The maximum Gasteiger partial charge on any atom is 0.253 e. The van der Waals surface area contributed by atoms with Crippen LogP contribution in [0.4, 0.5) is 0 Å². The third-order valence-corrected chi connectivity index (χ3v) is 6.36. The van der Waals surface area contributed by atoms with E-state index in [9.17, 15) is 10.1 Å². The lowest BCUT2D eigenvalue weighted by Crippen LogP contribution is -2.28. The number of fused-ring (bicyclic) bond motifs is 1. The molecule has 0 radical (unpaired) electrons. The molecule has 1 aliphatic heterocycles. The van der Waals surface area contributed by atoms with Gasteiger partial charge in [-0.15, -0.1) is 0 Å². The molecule has 1 unspecified atom stereocenters. The Kier molecular flexibility index (Phi) is 6.80. The highest BCUT2D eigenvalue weighted by Crippen LogP contribution is 2.38. The Morgan fingerprint density at radius 2 is 1.97 bits per heavy atom. The molecule has 0 aliphatic carbocycles. The van der Waals surface area contributed by atoms with Crippen molar-refractivity contribution in [3.63, 3.8) is 0 Å². The molecule has 0 saturated carbocycles. The maximum atomic E-state index is 12.4. The number of furan rings is 1. The van der Waals surface area contributed by atoms with Crippen molar-refractivity contribution < 1.29 is 23.4 Å². The fourth-order valence-electron chi connectivity index (χ4n) is 4.46. The van der Waals surface area contributed by atoms with E-state index >= 15 is 0 Å². The monoisotopic (exact) mass is 497 g/mol. The van der Waals surface area contributed by atoms with Crippen molar-refractivity contribution in [3.8, 4) is 40.0 Å². The second-order valence-corrected chi connectivity index (χ2v) is 9.08. The molecule has 0 N–H and O–H groups in total. The zero-order valence-corrected chi connectivity index (χ0v) is 21.0. The summed E-state index contributed by atoms with van der Waals surface area (Å²) in [5, 5.41) is 9.80. The van der Waals surface area contributed by atoms with E-state index < -0.39 is 0 Å². The molecule has 4 aromatic rings. The molecular formula is C29H27N3O5. The van der Waals surface area contributed by atoms with E-state index in [2.05, 4.69) is 11.1 Å². The average Bonchev–Trinajstić information content (AvgIpc) is 3.37. The van der Waals surface area contributed by atoms with Crippen LogP contribution in [0.25, 0.3) is 33.6 Å². The Balaban J connectivity index is 1.51. The van der Waals surface area contributed by atoms with Crippen LogP contribution in [0, 0.1) is 11.3 Å². The molecule has 1 atom stereocenters. The summed E-state index contributed by atoms with van der Waals surface area (Å²) in [5.74, 6) is 1.51. The summed E-state index contributed by atoms with van der Waals surface area (Å²) in [6, 6.07) is 16.8. The molecule has 5 rings (SSSR count). The molecule has 2 aromatic carbocycles. The van der Waals surface area contributed by atoms with Crippen LogP contribution in [0.5, 0.6) is 11.5 Å². The van der Waals surface area contributed by atoms with E-state index in [1.54, 1.807) is 45.6 Å². The minimum atomic E-state index is -0.116. The molecule has 0 bridgehead atoms. The number of nitrogens with zero attached hydrogens (tertiary/aromatic N) is 3. The fraction of sp³-hybridized carbons (Fsp3) is 0.276. The summed E-state index contributed by atoms with van der Waals surface area (Å²) in [4.78, 5) is 18.4. The van der Waals surface area contributed by atoms with Crippen LogP contribution in [0.2, 0.25) is 0 Å². The first kappa shape index (κ1) is 24.3. The van der Waals surface area contributed by atoms with E-state index in [1.165, 1.54) is 4.90 Å². The Morgan fingerprint density at radius 1 is 1.11 bits per heavy atom. The lowest BCUT2D eigenvalue weighted by molar-refractivity contribution is 0.00732. The van der Waals surface area contributed by atoms with Crippen LogP contribution in [0.3, 0.4) is 0 Å². The molecule has 188 valence electrons. The van der Waals surface area contributed by atoms with Gasteiger partial charge in [-0.3, -0.25) is 9.78 Å². The number of carbonyl (C=O) groups is 1. The van der Waals surface area contributed by atoms with E-state index in [0.717, 1.165) is 30.6 Å². The standard InChI is InChI=1S/C29H27N3O5/c1-32(2)29(33)19-6-8-23(26(14-19)34-3)27-15-24-28(37-27)22(10-11-31-24)18-7-9-25(20(13-18)16-30)36-21-5-4-12-35-17-21/h6-11,13-15,21H,4-5,12,17H2,1-3H3. The number of ether oxygens (including phenoxy) is 3. The maximum absolute atomic E-state index is 12.4. The smallest absolute Gasteiger partial charge is 0.253 e. The molecule has 8 heteroatoms. The molecule has 3 heterocycles. The first-order valence-corrected chi connectivity index (χ1v) is 12.1. The molecule has 0 spiro atoms. The van der Waals surface area contributed by atoms with Crippen LogP contribution in [-0.2, 0) is 4.74 Å². The van der Waals surface area contributed by atoms with Gasteiger partial charge in [0.2, 0.25) is 0 Å². The number of hydrogen-bond acceptors (Lipinski definition) is 7. The predicted octanol–water partition coefficient (Wildman–Crippen LogP) is 5.30. The number of carbonyl (C=O) groups excluding carboxylic acids is 1. The fourth-order valence-corrected chi connectivity index (χ4v) is 4.46. The van der Waals surface area contributed by atoms with E-state index in [1.807, 2.05) is 30.3 Å². The van der Waals surface area contributed by atoms with Crippen molar-refractivity contribution in [2.45, 2.75) is 18.9 Å². The minimum absolute atomic E-state index is 0.0543. The summed E-state index contributed by atoms with van der Waals surface area (Å²) in [7, 11) is 4.97. The molecule has 8 nitrogen and oxygen atoms in total. The van der Waals surface area contributed by atoms with Gasteiger partial charge < -0.3 is 23.5 Å². The largest absolute Gasteiger partial charge is 0.496 e. The normalized spacial score (nSPS) is 15.2. The number of nitriles is 1. The molecule has 1 aliphatic rings. The van der Waals surface area contributed by atoms with Gasteiger partial charge in [-0.05, 0) is 54.8 Å². The number of rotatable bonds is 6. The highest BCUT2D eigenvalue weighted by Gasteiger charge is 2.20. The lowest BCUT2D eigenvalue weighted by atomic mass is 10.0. The van der Waals surface area contributed by atoms with Crippen molar-refractivity contribution >= 4 is 17.0 Å². The van der Waals surface area contributed by atoms with Gasteiger partial charge in [0.25, 0.3) is 5.91 Å².